The van der Waals surface area contributed by atoms with Crippen molar-refractivity contribution in [2.75, 3.05) is 32.5 Å². The number of nitrogen functional groups attached to an aromatic ring is 1. The summed E-state index contributed by atoms with van der Waals surface area (Å²) in [6.45, 7) is 6.62. The highest BCUT2D eigenvalue weighted by Crippen LogP contribution is 2.44. The molecule has 0 bridgehead atoms. The number of hydrogen-bond donors (Lipinski definition) is 2. The van der Waals surface area contributed by atoms with E-state index in [1.807, 2.05) is 17.5 Å². The zero-order valence-electron chi connectivity index (χ0n) is 18.8. The van der Waals surface area contributed by atoms with Gasteiger partial charge in [-0.1, -0.05) is 6.07 Å². The highest BCUT2D eigenvalue weighted by Gasteiger charge is 2.28. The van der Waals surface area contributed by atoms with Gasteiger partial charge in [-0.15, -0.1) is 11.3 Å². The van der Waals surface area contributed by atoms with Gasteiger partial charge in [-0.25, -0.2) is 14.3 Å². The van der Waals surface area contributed by atoms with E-state index in [9.17, 15) is 4.79 Å². The van der Waals surface area contributed by atoms with E-state index >= 15 is 0 Å². The number of ether oxygens (including phenoxy) is 2. The molecule has 0 atom stereocenters. The quantitative estimate of drug-likeness (QED) is 0.431. The lowest BCUT2D eigenvalue weighted by Gasteiger charge is -2.15. The minimum Gasteiger partial charge on any atom is -0.495 e. The second-order valence-electron chi connectivity index (χ2n) is 7.99. The summed E-state index contributed by atoms with van der Waals surface area (Å²) in [5, 5.41) is 8.48. The molecule has 0 spiro atoms. The number of urea groups is 1. The standard InChI is InChI=1S/C23H26N6O3S/c1-4-32-11-15-16(10-28-6-5-25-23(28)30)29-20(22(24)26-12-27-29)19(15)18-9-14-7-13(2)8-17(31-3)21(14)33-18/h7-9,12H,4-6,10-11H2,1-3H3,(H,25,30)(H2,24,26,27). The fraction of sp³-hybridized carbons (Fsp3) is 0.348. The van der Waals surface area contributed by atoms with Crippen LogP contribution >= 0.6 is 11.3 Å². The van der Waals surface area contributed by atoms with Crippen molar-refractivity contribution in [1.29, 1.82) is 0 Å². The Morgan fingerprint density at radius 1 is 1.30 bits per heavy atom. The number of hydrogen-bond acceptors (Lipinski definition) is 7. The lowest BCUT2D eigenvalue weighted by molar-refractivity contribution is 0.133. The Hall–Kier alpha value is -3.37. The van der Waals surface area contributed by atoms with E-state index in [4.69, 9.17) is 15.2 Å². The van der Waals surface area contributed by atoms with E-state index in [1.54, 1.807) is 23.3 Å². The van der Waals surface area contributed by atoms with Crippen LogP contribution in [0.3, 0.4) is 0 Å². The van der Waals surface area contributed by atoms with Crippen LogP contribution in [0.2, 0.25) is 0 Å². The highest BCUT2D eigenvalue weighted by molar-refractivity contribution is 7.22. The van der Waals surface area contributed by atoms with E-state index in [0.29, 0.717) is 38.7 Å². The molecule has 10 heteroatoms. The van der Waals surface area contributed by atoms with Gasteiger partial charge < -0.3 is 25.4 Å². The number of nitrogens with one attached hydrogen (secondary N) is 1. The first-order valence-electron chi connectivity index (χ1n) is 10.8. The van der Waals surface area contributed by atoms with Gasteiger partial charge in [0.15, 0.2) is 5.82 Å². The number of anilines is 1. The number of carbonyl (C=O) groups is 1. The Kier molecular flexibility index (Phi) is 5.55. The first kappa shape index (κ1) is 21.5. The molecule has 0 aliphatic carbocycles. The zero-order valence-corrected chi connectivity index (χ0v) is 19.7. The van der Waals surface area contributed by atoms with Crippen molar-refractivity contribution in [2.45, 2.75) is 27.0 Å². The molecule has 1 aliphatic rings. The molecule has 4 heterocycles. The number of methoxy groups -OCH3 is 1. The fourth-order valence-electron chi connectivity index (χ4n) is 4.39. The van der Waals surface area contributed by atoms with Crippen LogP contribution in [0, 0.1) is 6.92 Å². The largest absolute Gasteiger partial charge is 0.495 e. The van der Waals surface area contributed by atoms with Gasteiger partial charge in [-0.05, 0) is 36.9 Å². The molecule has 1 aliphatic heterocycles. The van der Waals surface area contributed by atoms with E-state index in [1.165, 1.54) is 6.33 Å². The summed E-state index contributed by atoms with van der Waals surface area (Å²) in [7, 11) is 1.69. The number of nitrogens with two attached hydrogens (primary N) is 1. The molecule has 3 N–H and O–H groups in total. The van der Waals surface area contributed by atoms with E-state index < -0.39 is 0 Å². The van der Waals surface area contributed by atoms with Gasteiger partial charge in [0.2, 0.25) is 0 Å². The fourth-order valence-corrected chi connectivity index (χ4v) is 5.60. The van der Waals surface area contributed by atoms with Crippen LogP contribution in [0.25, 0.3) is 26.0 Å². The number of benzene rings is 1. The topological polar surface area (TPSA) is 107 Å². The Morgan fingerprint density at radius 2 is 2.15 bits per heavy atom. The normalized spacial score (nSPS) is 13.9. The summed E-state index contributed by atoms with van der Waals surface area (Å²) < 4.78 is 14.4. The second kappa shape index (κ2) is 8.53. The van der Waals surface area contributed by atoms with Crippen molar-refractivity contribution in [2.24, 2.45) is 0 Å². The molecule has 33 heavy (non-hydrogen) atoms. The molecule has 9 nitrogen and oxygen atoms in total. The maximum absolute atomic E-state index is 12.3. The van der Waals surface area contributed by atoms with Gasteiger partial charge in [-0.2, -0.15) is 5.10 Å². The molecule has 5 rings (SSSR count). The number of carbonyl (C=O) groups excluding carboxylic acids is 1. The summed E-state index contributed by atoms with van der Waals surface area (Å²) in [6.07, 6.45) is 1.45. The van der Waals surface area contributed by atoms with Crippen LogP contribution in [0.5, 0.6) is 5.75 Å². The van der Waals surface area contributed by atoms with Gasteiger partial charge >= 0.3 is 6.03 Å². The Bertz CT molecular complexity index is 1360. The van der Waals surface area contributed by atoms with Crippen molar-refractivity contribution in [3.63, 3.8) is 0 Å². The van der Waals surface area contributed by atoms with Crippen LogP contribution in [-0.4, -0.2) is 52.3 Å². The summed E-state index contributed by atoms with van der Waals surface area (Å²) in [5.41, 5.74) is 11.0. The molecular formula is C23H26N6O3S. The summed E-state index contributed by atoms with van der Waals surface area (Å²) in [4.78, 5) is 19.4. The van der Waals surface area contributed by atoms with E-state index in [0.717, 1.165) is 48.6 Å². The van der Waals surface area contributed by atoms with Crippen molar-refractivity contribution in [3.8, 4) is 16.2 Å². The molecule has 4 aromatic rings. The van der Waals surface area contributed by atoms with Gasteiger partial charge in [0.05, 0.1) is 30.7 Å². The van der Waals surface area contributed by atoms with Gasteiger partial charge in [0, 0.05) is 35.7 Å². The van der Waals surface area contributed by atoms with Crippen LogP contribution in [-0.2, 0) is 17.9 Å². The van der Waals surface area contributed by atoms with Crippen molar-refractivity contribution < 1.29 is 14.3 Å². The van der Waals surface area contributed by atoms with Gasteiger partial charge in [-0.3, -0.25) is 0 Å². The van der Waals surface area contributed by atoms with Crippen LogP contribution in [0.1, 0.15) is 23.7 Å². The first-order chi connectivity index (χ1) is 16.0. The van der Waals surface area contributed by atoms with Crippen LogP contribution in [0.15, 0.2) is 24.5 Å². The lowest BCUT2D eigenvalue weighted by Crippen LogP contribution is -2.28. The molecule has 172 valence electrons. The number of thiophene rings is 1. The van der Waals surface area contributed by atoms with E-state index in [2.05, 4.69) is 34.5 Å². The second-order valence-corrected chi connectivity index (χ2v) is 9.04. The zero-order chi connectivity index (χ0) is 23.1. The maximum Gasteiger partial charge on any atom is 0.317 e. The minimum atomic E-state index is -0.0852. The smallest absolute Gasteiger partial charge is 0.317 e. The first-order valence-corrected chi connectivity index (χ1v) is 11.7. The molecule has 1 fully saturated rings. The molecule has 0 saturated carbocycles. The molecule has 0 radical (unpaired) electrons. The molecule has 0 unspecified atom stereocenters. The van der Waals surface area contributed by atoms with Crippen LogP contribution < -0.4 is 15.8 Å². The van der Waals surface area contributed by atoms with E-state index in [-0.39, 0.29) is 6.03 Å². The summed E-state index contributed by atoms with van der Waals surface area (Å²) in [5.74, 6) is 1.23. The molecular weight excluding hydrogens is 440 g/mol. The van der Waals surface area contributed by atoms with Crippen LogP contribution in [0.4, 0.5) is 10.6 Å². The Balaban J connectivity index is 1.77. The predicted molar refractivity (Wildman–Crippen MR) is 129 cm³/mol. The number of rotatable bonds is 7. The van der Waals surface area contributed by atoms with Crippen molar-refractivity contribution in [3.05, 3.63) is 41.3 Å². The van der Waals surface area contributed by atoms with Crippen molar-refractivity contribution in [1.82, 2.24) is 24.8 Å². The predicted octanol–water partition coefficient (Wildman–Crippen LogP) is 3.57. The average molecular weight is 467 g/mol. The van der Waals surface area contributed by atoms with Gasteiger partial charge in [0.25, 0.3) is 0 Å². The number of nitrogens with zero attached hydrogens (tertiary/aromatic N) is 4. The molecule has 1 aromatic carbocycles. The number of aromatic nitrogens is 3. The monoisotopic (exact) mass is 466 g/mol. The summed E-state index contributed by atoms with van der Waals surface area (Å²) in [6, 6.07) is 6.25. The molecule has 1 saturated heterocycles. The average Bonchev–Trinajstić information content (AvgIpc) is 3.48. The number of aryl methyl sites for hydroxylation is 1. The Morgan fingerprint density at radius 3 is 2.88 bits per heavy atom. The molecule has 3 aromatic heterocycles. The highest BCUT2D eigenvalue weighted by atomic mass is 32.1. The van der Waals surface area contributed by atoms with Gasteiger partial charge in [0.1, 0.15) is 17.6 Å². The SMILES string of the molecule is CCOCc1c(-c2cc3cc(C)cc(OC)c3s2)c2c(N)ncnn2c1CN1CCNC1=O. The molecule has 2 amide bonds. The lowest BCUT2D eigenvalue weighted by atomic mass is 10.1. The number of fused-ring (bicyclic) bond motifs is 2. The number of amides is 2. The third-order valence-corrected chi connectivity index (χ3v) is 7.07. The summed E-state index contributed by atoms with van der Waals surface area (Å²) >= 11 is 1.64. The maximum atomic E-state index is 12.3. The third-order valence-electron chi connectivity index (χ3n) is 5.89. The minimum absolute atomic E-state index is 0.0852. The third kappa shape index (κ3) is 3.65. The van der Waals surface area contributed by atoms with Crippen molar-refractivity contribution >= 4 is 38.8 Å². The Labute approximate surface area is 195 Å².